The molecule has 0 saturated heterocycles. The third-order valence-electron chi connectivity index (χ3n) is 2.51. The summed E-state index contributed by atoms with van der Waals surface area (Å²) in [6.07, 6.45) is -1.31. The summed E-state index contributed by atoms with van der Waals surface area (Å²) in [5.41, 5.74) is 0.713. The highest BCUT2D eigenvalue weighted by molar-refractivity contribution is 5.74. The van der Waals surface area contributed by atoms with E-state index in [0.29, 0.717) is 17.1 Å². The van der Waals surface area contributed by atoms with Crippen LogP contribution in [0.25, 0.3) is 0 Å². The maximum atomic E-state index is 11.3. The van der Waals surface area contributed by atoms with Crippen molar-refractivity contribution in [3.63, 3.8) is 0 Å². The largest absolute Gasteiger partial charge is 0.493 e. The average molecular weight is 254 g/mol. The summed E-state index contributed by atoms with van der Waals surface area (Å²) in [6.45, 7) is 3.25. The summed E-state index contributed by atoms with van der Waals surface area (Å²) >= 11 is 0. The van der Waals surface area contributed by atoms with Crippen LogP contribution in [0.5, 0.6) is 11.5 Å². The van der Waals surface area contributed by atoms with E-state index in [4.69, 9.17) is 9.47 Å². The third kappa shape index (κ3) is 3.37. The van der Waals surface area contributed by atoms with Crippen molar-refractivity contribution < 1.29 is 24.1 Å². The van der Waals surface area contributed by atoms with E-state index in [9.17, 15) is 9.90 Å². The highest BCUT2D eigenvalue weighted by Gasteiger charge is 2.17. The minimum Gasteiger partial charge on any atom is -0.493 e. The quantitative estimate of drug-likeness (QED) is 0.810. The standard InChI is InChI=1S/C13H18O5/c1-8(14)10-5-6-11(12(7-10)16-3)18-9(2)13(15)17-4/h5-9,14H,1-4H3. The molecule has 0 radical (unpaired) electrons. The van der Waals surface area contributed by atoms with Gasteiger partial charge in [0.1, 0.15) is 0 Å². The highest BCUT2D eigenvalue weighted by Crippen LogP contribution is 2.31. The van der Waals surface area contributed by atoms with Gasteiger partial charge in [-0.05, 0) is 31.5 Å². The van der Waals surface area contributed by atoms with Gasteiger partial charge in [-0.1, -0.05) is 6.07 Å². The number of aliphatic hydroxyl groups excluding tert-OH is 1. The Balaban J connectivity index is 2.92. The van der Waals surface area contributed by atoms with Crippen molar-refractivity contribution >= 4 is 5.97 Å². The Labute approximate surface area is 106 Å². The van der Waals surface area contributed by atoms with Crippen molar-refractivity contribution in [2.75, 3.05) is 14.2 Å². The van der Waals surface area contributed by atoms with Crippen LogP contribution in [0.4, 0.5) is 0 Å². The molecule has 5 heteroatoms. The Morgan fingerprint density at radius 3 is 2.39 bits per heavy atom. The topological polar surface area (TPSA) is 65.0 Å². The first-order valence-electron chi connectivity index (χ1n) is 5.60. The summed E-state index contributed by atoms with van der Waals surface area (Å²) in [5.74, 6) is 0.431. The Kier molecular flexibility index (Phi) is 4.97. The normalized spacial score (nSPS) is 13.6. The Bertz CT molecular complexity index is 414. The molecule has 0 aliphatic heterocycles. The van der Waals surface area contributed by atoms with E-state index in [1.165, 1.54) is 14.2 Å². The number of methoxy groups -OCH3 is 2. The van der Waals surface area contributed by atoms with Crippen LogP contribution in [-0.2, 0) is 9.53 Å². The first-order valence-corrected chi connectivity index (χ1v) is 5.60. The summed E-state index contributed by atoms with van der Waals surface area (Å²) in [5, 5.41) is 9.47. The predicted octanol–water partition coefficient (Wildman–Crippen LogP) is 1.69. The van der Waals surface area contributed by atoms with Crippen molar-refractivity contribution in [1.82, 2.24) is 0 Å². The fraction of sp³-hybridized carbons (Fsp3) is 0.462. The third-order valence-corrected chi connectivity index (χ3v) is 2.51. The number of benzene rings is 1. The van der Waals surface area contributed by atoms with E-state index in [1.54, 1.807) is 32.0 Å². The van der Waals surface area contributed by atoms with Crippen LogP contribution in [0.15, 0.2) is 18.2 Å². The molecule has 0 heterocycles. The van der Waals surface area contributed by atoms with Gasteiger partial charge >= 0.3 is 5.97 Å². The van der Waals surface area contributed by atoms with Crippen LogP contribution in [-0.4, -0.2) is 31.4 Å². The predicted molar refractivity (Wildman–Crippen MR) is 65.7 cm³/mol. The van der Waals surface area contributed by atoms with Crippen LogP contribution in [0.3, 0.4) is 0 Å². The number of hydrogen-bond acceptors (Lipinski definition) is 5. The van der Waals surface area contributed by atoms with Crippen molar-refractivity contribution in [3.8, 4) is 11.5 Å². The zero-order valence-electron chi connectivity index (χ0n) is 11.0. The number of esters is 1. The van der Waals surface area contributed by atoms with Gasteiger partial charge in [0, 0.05) is 0 Å². The molecule has 0 amide bonds. The molecule has 100 valence electrons. The maximum Gasteiger partial charge on any atom is 0.346 e. The molecule has 0 aliphatic carbocycles. The molecule has 0 aromatic heterocycles. The van der Waals surface area contributed by atoms with Gasteiger partial charge < -0.3 is 19.3 Å². The average Bonchev–Trinajstić information content (AvgIpc) is 2.37. The van der Waals surface area contributed by atoms with E-state index in [2.05, 4.69) is 4.74 Å². The number of aliphatic hydroxyl groups is 1. The molecule has 1 N–H and O–H groups in total. The first kappa shape index (κ1) is 14.3. The minimum absolute atomic E-state index is 0.430. The Morgan fingerprint density at radius 2 is 1.89 bits per heavy atom. The van der Waals surface area contributed by atoms with E-state index < -0.39 is 18.2 Å². The lowest BCUT2D eigenvalue weighted by Gasteiger charge is -2.16. The fourth-order valence-electron chi connectivity index (χ4n) is 1.45. The van der Waals surface area contributed by atoms with Gasteiger partial charge in [0.25, 0.3) is 0 Å². The smallest absolute Gasteiger partial charge is 0.346 e. The summed E-state index contributed by atoms with van der Waals surface area (Å²) in [4.78, 5) is 11.3. The second-order valence-electron chi connectivity index (χ2n) is 3.87. The summed E-state index contributed by atoms with van der Waals surface area (Å²) in [6, 6.07) is 5.04. The summed E-state index contributed by atoms with van der Waals surface area (Å²) in [7, 11) is 2.80. The molecular weight excluding hydrogens is 236 g/mol. The highest BCUT2D eigenvalue weighted by atomic mass is 16.6. The Hall–Kier alpha value is -1.75. The maximum absolute atomic E-state index is 11.3. The zero-order chi connectivity index (χ0) is 13.7. The molecule has 0 fully saturated rings. The van der Waals surface area contributed by atoms with Gasteiger partial charge in [0.15, 0.2) is 17.6 Å². The first-order chi connectivity index (χ1) is 8.49. The lowest BCUT2D eigenvalue weighted by Crippen LogP contribution is -2.25. The van der Waals surface area contributed by atoms with Gasteiger partial charge in [-0.2, -0.15) is 0 Å². The van der Waals surface area contributed by atoms with Crippen LogP contribution >= 0.6 is 0 Å². The molecule has 0 bridgehead atoms. The van der Waals surface area contributed by atoms with E-state index >= 15 is 0 Å². The van der Waals surface area contributed by atoms with Gasteiger partial charge in [0.2, 0.25) is 0 Å². The Morgan fingerprint density at radius 1 is 1.22 bits per heavy atom. The molecule has 18 heavy (non-hydrogen) atoms. The van der Waals surface area contributed by atoms with E-state index in [-0.39, 0.29) is 0 Å². The molecule has 1 aromatic carbocycles. The van der Waals surface area contributed by atoms with Crippen LogP contribution < -0.4 is 9.47 Å². The molecule has 0 spiro atoms. The molecule has 1 aromatic rings. The molecule has 1 rings (SSSR count). The second kappa shape index (κ2) is 6.26. The molecule has 2 atom stereocenters. The molecule has 5 nitrogen and oxygen atoms in total. The number of carbonyl (C=O) groups excluding carboxylic acids is 1. The van der Waals surface area contributed by atoms with E-state index in [0.717, 1.165) is 0 Å². The van der Waals surface area contributed by atoms with Crippen molar-refractivity contribution in [2.24, 2.45) is 0 Å². The van der Waals surface area contributed by atoms with Crippen LogP contribution in [0.2, 0.25) is 0 Å². The van der Waals surface area contributed by atoms with Crippen LogP contribution in [0.1, 0.15) is 25.5 Å². The molecular formula is C13H18O5. The van der Waals surface area contributed by atoms with Crippen LogP contribution in [0, 0.1) is 0 Å². The van der Waals surface area contributed by atoms with Gasteiger partial charge in [-0.15, -0.1) is 0 Å². The fourth-order valence-corrected chi connectivity index (χ4v) is 1.45. The SMILES string of the molecule is COC(=O)C(C)Oc1ccc(C(C)O)cc1OC. The number of carbonyl (C=O) groups is 1. The van der Waals surface area contributed by atoms with E-state index in [1.807, 2.05) is 0 Å². The molecule has 2 unspecified atom stereocenters. The number of ether oxygens (including phenoxy) is 3. The monoisotopic (exact) mass is 254 g/mol. The minimum atomic E-state index is -0.721. The van der Waals surface area contributed by atoms with Gasteiger partial charge in [0.05, 0.1) is 20.3 Å². The number of hydrogen-bond donors (Lipinski definition) is 1. The lowest BCUT2D eigenvalue weighted by atomic mass is 10.1. The summed E-state index contributed by atoms with van der Waals surface area (Å²) < 4.78 is 15.2. The molecule has 0 aliphatic rings. The second-order valence-corrected chi connectivity index (χ2v) is 3.87. The lowest BCUT2D eigenvalue weighted by molar-refractivity contribution is -0.147. The molecule has 0 saturated carbocycles. The van der Waals surface area contributed by atoms with Gasteiger partial charge in [-0.3, -0.25) is 0 Å². The van der Waals surface area contributed by atoms with Crippen molar-refractivity contribution in [3.05, 3.63) is 23.8 Å². The van der Waals surface area contributed by atoms with Gasteiger partial charge in [-0.25, -0.2) is 4.79 Å². The zero-order valence-corrected chi connectivity index (χ0v) is 11.0. The number of rotatable bonds is 5. The van der Waals surface area contributed by atoms with Crippen molar-refractivity contribution in [2.45, 2.75) is 26.1 Å². The van der Waals surface area contributed by atoms with Crippen molar-refractivity contribution in [1.29, 1.82) is 0 Å².